The fraction of sp³-hybridized carbons (Fsp3) is 0. The first kappa shape index (κ1) is 7.59. The first-order valence-corrected chi connectivity index (χ1v) is 2.46. The van der Waals surface area contributed by atoms with Gasteiger partial charge in [0.2, 0.25) is 0 Å². The first-order valence-electron chi connectivity index (χ1n) is 1.71. The van der Waals surface area contributed by atoms with Crippen LogP contribution in [0.2, 0.25) is 0 Å². The summed E-state index contributed by atoms with van der Waals surface area (Å²) in [6.07, 6.45) is 0. The van der Waals surface area contributed by atoms with E-state index in [9.17, 15) is 0 Å². The number of allylic oxidation sites excluding steroid dienone is 1. The number of nitrogens with one attached hydrogen (secondary N) is 1. The van der Waals surface area contributed by atoms with Crippen LogP contribution in [0.4, 0.5) is 0 Å². The Balaban J connectivity index is 4.23. The molecule has 46 valence electrons. The van der Waals surface area contributed by atoms with Gasteiger partial charge in [-0.1, -0.05) is 23.2 Å². The molecule has 0 spiro atoms. The number of nitrogens with two attached hydrogens (primary N) is 2. The van der Waals surface area contributed by atoms with E-state index in [1.54, 1.807) is 0 Å². The zero-order valence-corrected chi connectivity index (χ0v) is 5.42. The lowest BCUT2D eigenvalue weighted by Crippen LogP contribution is -2.10. The van der Waals surface area contributed by atoms with Crippen LogP contribution in [-0.2, 0) is 0 Å². The molecule has 0 aliphatic heterocycles. The van der Waals surface area contributed by atoms with E-state index >= 15 is 0 Å². The van der Waals surface area contributed by atoms with Crippen molar-refractivity contribution in [2.24, 2.45) is 11.5 Å². The maximum Gasteiger partial charge on any atom is 0.147 e. The fourth-order valence-corrected chi connectivity index (χ4v) is 0.349. The SMILES string of the molecule is N=C(Cl)/C(N)=C(\N)Cl. The minimum atomic E-state index is -0.336. The van der Waals surface area contributed by atoms with Gasteiger partial charge in [0, 0.05) is 0 Å². The molecule has 0 unspecified atom stereocenters. The summed E-state index contributed by atoms with van der Waals surface area (Å²) in [5, 5.41) is 6.17. The van der Waals surface area contributed by atoms with E-state index in [1.807, 2.05) is 0 Å². The lowest BCUT2D eigenvalue weighted by Gasteiger charge is -1.93. The molecule has 0 fully saturated rings. The van der Waals surface area contributed by atoms with Crippen LogP contribution in [0.1, 0.15) is 0 Å². The molecule has 0 aliphatic rings. The molecule has 0 aromatic rings. The number of hydrogen-bond acceptors (Lipinski definition) is 3. The predicted molar refractivity (Wildman–Crippen MR) is 34.8 cm³/mol. The molecule has 0 amide bonds. The molecule has 0 aromatic heterocycles. The van der Waals surface area contributed by atoms with Gasteiger partial charge in [0.25, 0.3) is 0 Å². The molecule has 0 bridgehead atoms. The Hall–Kier alpha value is -0.410. The lowest BCUT2D eigenvalue weighted by molar-refractivity contribution is 1.36. The van der Waals surface area contributed by atoms with Crippen molar-refractivity contribution in [3.63, 3.8) is 0 Å². The highest BCUT2D eigenvalue weighted by molar-refractivity contribution is 6.69. The van der Waals surface area contributed by atoms with Crippen molar-refractivity contribution >= 4 is 28.4 Å². The van der Waals surface area contributed by atoms with Gasteiger partial charge in [-0.3, -0.25) is 5.41 Å². The summed E-state index contributed by atoms with van der Waals surface area (Å²) in [4.78, 5) is 0. The van der Waals surface area contributed by atoms with Crippen LogP contribution in [0.3, 0.4) is 0 Å². The largest absolute Gasteiger partial charge is 0.394 e. The third-order valence-electron chi connectivity index (χ3n) is 0.494. The highest BCUT2D eigenvalue weighted by Gasteiger charge is 1.97. The second-order valence-electron chi connectivity index (χ2n) is 1.08. The predicted octanol–water partition coefficient (Wildman–Crippen LogP) is 0.528. The third kappa shape index (κ3) is 2.04. The third-order valence-corrected chi connectivity index (χ3v) is 0.901. The van der Waals surface area contributed by atoms with Crippen LogP contribution in [-0.4, -0.2) is 5.17 Å². The Kier molecular flexibility index (Phi) is 2.65. The molecule has 0 heterocycles. The van der Waals surface area contributed by atoms with E-state index in [1.165, 1.54) is 0 Å². The van der Waals surface area contributed by atoms with Crippen LogP contribution in [0.5, 0.6) is 0 Å². The van der Waals surface area contributed by atoms with Crippen molar-refractivity contribution in [2.75, 3.05) is 0 Å². The molecule has 5 N–H and O–H groups in total. The normalized spacial score (nSPS) is 12.8. The van der Waals surface area contributed by atoms with Gasteiger partial charge < -0.3 is 11.5 Å². The maximum atomic E-state index is 6.65. The van der Waals surface area contributed by atoms with Gasteiger partial charge in [-0.25, -0.2) is 0 Å². The van der Waals surface area contributed by atoms with Crippen molar-refractivity contribution in [3.8, 4) is 0 Å². The number of hydrogen-bond donors (Lipinski definition) is 3. The average molecular weight is 154 g/mol. The van der Waals surface area contributed by atoms with Crippen molar-refractivity contribution in [2.45, 2.75) is 0 Å². The Bertz CT molecular complexity index is 135. The van der Waals surface area contributed by atoms with Crippen LogP contribution < -0.4 is 11.5 Å². The quantitative estimate of drug-likeness (QED) is 0.380. The molecule has 0 aliphatic carbocycles. The first-order chi connectivity index (χ1) is 3.55. The highest BCUT2D eigenvalue weighted by atomic mass is 35.5. The van der Waals surface area contributed by atoms with Gasteiger partial charge >= 0.3 is 0 Å². The van der Waals surface area contributed by atoms with Crippen molar-refractivity contribution in [3.05, 3.63) is 10.9 Å². The summed E-state index contributed by atoms with van der Waals surface area (Å²) < 4.78 is 0. The summed E-state index contributed by atoms with van der Waals surface area (Å²) >= 11 is 10.2. The van der Waals surface area contributed by atoms with E-state index in [0.29, 0.717) is 0 Å². The molecule has 3 nitrogen and oxygen atoms in total. The van der Waals surface area contributed by atoms with Crippen LogP contribution in [0.15, 0.2) is 10.9 Å². The van der Waals surface area contributed by atoms with Crippen molar-refractivity contribution in [1.82, 2.24) is 0 Å². The standard InChI is InChI=1S/C3H5Cl2N3/c4-2(7)1(6)3(5)8/h7H,6,8H2/b3-1+,7-2?. The Morgan fingerprint density at radius 1 is 1.25 bits per heavy atom. The Labute approximate surface area is 56.8 Å². The molecule has 0 radical (unpaired) electrons. The minimum Gasteiger partial charge on any atom is -0.394 e. The Morgan fingerprint density at radius 2 is 1.62 bits per heavy atom. The van der Waals surface area contributed by atoms with Crippen LogP contribution in [0.25, 0.3) is 0 Å². The molecule has 0 atom stereocenters. The smallest absolute Gasteiger partial charge is 0.147 e. The highest BCUT2D eigenvalue weighted by Crippen LogP contribution is 1.99. The topological polar surface area (TPSA) is 75.9 Å². The van der Waals surface area contributed by atoms with E-state index in [-0.39, 0.29) is 16.0 Å². The second-order valence-corrected chi connectivity index (χ2v) is 1.86. The zero-order valence-electron chi connectivity index (χ0n) is 3.91. The second kappa shape index (κ2) is 2.79. The van der Waals surface area contributed by atoms with Gasteiger partial charge in [-0.15, -0.1) is 0 Å². The molecule has 8 heavy (non-hydrogen) atoms. The molecule has 5 heteroatoms. The van der Waals surface area contributed by atoms with Crippen LogP contribution >= 0.6 is 23.2 Å². The van der Waals surface area contributed by atoms with Crippen molar-refractivity contribution in [1.29, 1.82) is 5.41 Å². The van der Waals surface area contributed by atoms with Crippen LogP contribution in [0, 0.1) is 5.41 Å². The van der Waals surface area contributed by atoms with E-state index in [0.717, 1.165) is 0 Å². The summed E-state index contributed by atoms with van der Waals surface area (Å²) in [6, 6.07) is 0. The summed E-state index contributed by atoms with van der Waals surface area (Å²) in [7, 11) is 0. The molecular formula is C3H5Cl2N3. The van der Waals surface area contributed by atoms with Gasteiger partial charge in [0.15, 0.2) is 0 Å². The molecule has 0 saturated heterocycles. The summed E-state index contributed by atoms with van der Waals surface area (Å²) in [5.41, 5.74) is 9.87. The van der Waals surface area contributed by atoms with Gasteiger partial charge in [0.05, 0.1) is 0 Å². The van der Waals surface area contributed by atoms with Crippen molar-refractivity contribution < 1.29 is 0 Å². The average Bonchev–Trinajstić information content (AvgIpc) is 1.64. The van der Waals surface area contributed by atoms with Gasteiger partial charge in [-0.2, -0.15) is 0 Å². The van der Waals surface area contributed by atoms with E-state index in [4.69, 9.17) is 40.1 Å². The minimum absolute atomic E-state index is 0.0895. The number of rotatable bonds is 1. The fourth-order valence-electron chi connectivity index (χ4n) is 0.105. The number of halogens is 2. The monoisotopic (exact) mass is 153 g/mol. The van der Waals surface area contributed by atoms with E-state index in [2.05, 4.69) is 0 Å². The molecular weight excluding hydrogens is 149 g/mol. The zero-order chi connectivity index (χ0) is 6.73. The lowest BCUT2D eigenvalue weighted by atomic mass is 10.5. The molecule has 0 saturated carbocycles. The van der Waals surface area contributed by atoms with Gasteiger partial charge in [-0.05, 0) is 0 Å². The molecule has 0 rings (SSSR count). The van der Waals surface area contributed by atoms with E-state index < -0.39 is 0 Å². The Morgan fingerprint density at radius 3 is 1.62 bits per heavy atom. The van der Waals surface area contributed by atoms with Gasteiger partial charge in [0.1, 0.15) is 16.0 Å². The summed E-state index contributed by atoms with van der Waals surface area (Å²) in [5.74, 6) is 0. The summed E-state index contributed by atoms with van der Waals surface area (Å²) in [6.45, 7) is 0. The molecule has 0 aromatic carbocycles. The maximum absolute atomic E-state index is 6.65.